The van der Waals surface area contributed by atoms with Gasteiger partial charge in [0.25, 0.3) is 0 Å². The highest BCUT2D eigenvalue weighted by atomic mass is 16.4. The molecular formula is C9H17NO3. The van der Waals surface area contributed by atoms with Crippen LogP contribution in [-0.2, 0) is 9.59 Å². The Balaban J connectivity index is 4.24. The van der Waals surface area contributed by atoms with Crippen molar-refractivity contribution in [2.75, 3.05) is 0 Å². The quantitative estimate of drug-likeness (QED) is 0.610. The molecular weight excluding hydrogens is 170 g/mol. The molecule has 0 aromatic heterocycles. The zero-order chi connectivity index (χ0) is 10.5. The maximum absolute atomic E-state index is 10.7. The lowest BCUT2D eigenvalue weighted by atomic mass is 9.83. The van der Waals surface area contributed by atoms with Gasteiger partial charge in [0.2, 0.25) is 6.41 Å². The van der Waals surface area contributed by atoms with Gasteiger partial charge >= 0.3 is 5.97 Å². The second kappa shape index (κ2) is 4.84. The Hall–Kier alpha value is -1.06. The standard InChI is InChI=1S/C9H17NO3/c1-4-9(2,3)5-7(8(12)13)10-6-11/h6-7H,4-5H2,1-3H3,(H,10,11)(H,12,13). The maximum atomic E-state index is 10.7. The van der Waals surface area contributed by atoms with Crippen LogP contribution in [0.2, 0.25) is 0 Å². The number of carboxylic acids is 1. The third-order valence-electron chi connectivity index (χ3n) is 2.28. The van der Waals surface area contributed by atoms with E-state index >= 15 is 0 Å². The molecule has 0 aliphatic heterocycles. The van der Waals surface area contributed by atoms with Crippen molar-refractivity contribution in [3.05, 3.63) is 0 Å². The molecule has 0 heterocycles. The van der Waals surface area contributed by atoms with Crippen molar-refractivity contribution in [1.29, 1.82) is 0 Å². The Morgan fingerprint density at radius 2 is 2.15 bits per heavy atom. The molecule has 1 atom stereocenters. The van der Waals surface area contributed by atoms with Crippen molar-refractivity contribution < 1.29 is 14.7 Å². The van der Waals surface area contributed by atoms with E-state index in [1.54, 1.807) is 0 Å². The van der Waals surface area contributed by atoms with E-state index < -0.39 is 12.0 Å². The van der Waals surface area contributed by atoms with Gasteiger partial charge in [-0.25, -0.2) is 4.79 Å². The molecule has 4 heteroatoms. The van der Waals surface area contributed by atoms with Crippen molar-refractivity contribution in [2.24, 2.45) is 5.41 Å². The Labute approximate surface area is 78.3 Å². The summed E-state index contributed by atoms with van der Waals surface area (Å²) in [6.45, 7) is 5.96. The second-order valence-corrected chi connectivity index (χ2v) is 3.90. The lowest BCUT2D eigenvalue weighted by Gasteiger charge is -2.25. The predicted molar refractivity (Wildman–Crippen MR) is 49.3 cm³/mol. The molecule has 0 saturated carbocycles. The van der Waals surface area contributed by atoms with Gasteiger partial charge in [0.15, 0.2) is 0 Å². The number of rotatable bonds is 6. The monoisotopic (exact) mass is 187 g/mol. The van der Waals surface area contributed by atoms with Gasteiger partial charge in [0.05, 0.1) is 0 Å². The predicted octanol–water partition coefficient (Wildman–Crippen LogP) is 1.01. The summed E-state index contributed by atoms with van der Waals surface area (Å²) in [4.78, 5) is 20.8. The van der Waals surface area contributed by atoms with Gasteiger partial charge in [-0.15, -0.1) is 0 Å². The second-order valence-electron chi connectivity index (χ2n) is 3.90. The highest BCUT2D eigenvalue weighted by molar-refractivity contribution is 5.76. The van der Waals surface area contributed by atoms with Crippen LogP contribution in [0.1, 0.15) is 33.6 Å². The molecule has 0 fully saturated rings. The van der Waals surface area contributed by atoms with E-state index in [2.05, 4.69) is 5.32 Å². The summed E-state index contributed by atoms with van der Waals surface area (Å²) in [5.41, 5.74) is -0.0565. The van der Waals surface area contributed by atoms with Gasteiger partial charge in [0.1, 0.15) is 6.04 Å². The molecule has 0 bridgehead atoms. The molecule has 1 unspecified atom stereocenters. The van der Waals surface area contributed by atoms with Crippen LogP contribution in [0.15, 0.2) is 0 Å². The Kier molecular flexibility index (Phi) is 4.45. The Bertz CT molecular complexity index is 189. The van der Waals surface area contributed by atoms with Gasteiger partial charge in [-0.05, 0) is 11.8 Å². The lowest BCUT2D eigenvalue weighted by molar-refractivity contribution is -0.141. The fourth-order valence-electron chi connectivity index (χ4n) is 0.997. The Morgan fingerprint density at radius 1 is 1.62 bits per heavy atom. The normalized spacial score (nSPS) is 13.5. The first-order valence-electron chi connectivity index (χ1n) is 4.35. The van der Waals surface area contributed by atoms with E-state index in [9.17, 15) is 9.59 Å². The van der Waals surface area contributed by atoms with Crippen LogP contribution in [0, 0.1) is 5.41 Å². The molecule has 0 aliphatic carbocycles. The van der Waals surface area contributed by atoms with Crippen LogP contribution < -0.4 is 5.32 Å². The van der Waals surface area contributed by atoms with Crippen LogP contribution in [0.3, 0.4) is 0 Å². The average molecular weight is 187 g/mol. The van der Waals surface area contributed by atoms with Crippen molar-refractivity contribution >= 4 is 12.4 Å². The van der Waals surface area contributed by atoms with Crippen molar-refractivity contribution in [1.82, 2.24) is 5.32 Å². The summed E-state index contributed by atoms with van der Waals surface area (Å²) in [5.74, 6) is -0.978. The SMILES string of the molecule is CCC(C)(C)CC(NC=O)C(=O)O. The zero-order valence-corrected chi connectivity index (χ0v) is 8.33. The minimum absolute atomic E-state index is 0.0565. The third kappa shape index (κ3) is 4.50. The van der Waals surface area contributed by atoms with Crippen LogP contribution in [0.5, 0.6) is 0 Å². The van der Waals surface area contributed by atoms with Crippen LogP contribution in [0.4, 0.5) is 0 Å². The topological polar surface area (TPSA) is 66.4 Å². The van der Waals surface area contributed by atoms with Crippen molar-refractivity contribution in [3.63, 3.8) is 0 Å². The molecule has 0 spiro atoms. The molecule has 0 saturated heterocycles. The molecule has 0 rings (SSSR count). The molecule has 2 N–H and O–H groups in total. The first-order valence-corrected chi connectivity index (χ1v) is 4.35. The fraction of sp³-hybridized carbons (Fsp3) is 0.778. The van der Waals surface area contributed by atoms with Crippen molar-refractivity contribution in [3.8, 4) is 0 Å². The van der Waals surface area contributed by atoms with Crippen LogP contribution in [0.25, 0.3) is 0 Å². The van der Waals surface area contributed by atoms with Gasteiger partial charge < -0.3 is 10.4 Å². The number of carbonyl (C=O) groups is 2. The number of amides is 1. The lowest BCUT2D eigenvalue weighted by Crippen LogP contribution is -2.39. The maximum Gasteiger partial charge on any atom is 0.326 e. The zero-order valence-electron chi connectivity index (χ0n) is 8.33. The molecule has 13 heavy (non-hydrogen) atoms. The first-order chi connectivity index (χ1) is 5.93. The molecule has 0 aromatic carbocycles. The van der Waals surface area contributed by atoms with Crippen LogP contribution >= 0.6 is 0 Å². The van der Waals surface area contributed by atoms with Crippen LogP contribution in [-0.4, -0.2) is 23.5 Å². The van der Waals surface area contributed by atoms with E-state index in [-0.39, 0.29) is 5.41 Å². The van der Waals surface area contributed by atoms with E-state index in [4.69, 9.17) is 5.11 Å². The highest BCUT2D eigenvalue weighted by Gasteiger charge is 2.25. The largest absolute Gasteiger partial charge is 0.480 e. The summed E-state index contributed by atoms with van der Waals surface area (Å²) >= 11 is 0. The van der Waals surface area contributed by atoms with E-state index in [0.29, 0.717) is 12.8 Å². The first kappa shape index (κ1) is 11.9. The van der Waals surface area contributed by atoms with Gasteiger partial charge in [-0.3, -0.25) is 4.79 Å². The summed E-state index contributed by atoms with van der Waals surface area (Å²) in [6.07, 6.45) is 1.78. The summed E-state index contributed by atoms with van der Waals surface area (Å²) in [5, 5.41) is 11.0. The number of carbonyl (C=O) groups excluding carboxylic acids is 1. The third-order valence-corrected chi connectivity index (χ3v) is 2.28. The molecule has 0 aromatic rings. The van der Waals surface area contributed by atoms with E-state index in [1.807, 2.05) is 20.8 Å². The average Bonchev–Trinajstić information content (AvgIpc) is 2.03. The smallest absolute Gasteiger partial charge is 0.326 e. The molecule has 76 valence electrons. The molecule has 0 radical (unpaired) electrons. The number of nitrogens with one attached hydrogen (secondary N) is 1. The number of hydrogen-bond donors (Lipinski definition) is 2. The molecule has 0 aliphatic rings. The summed E-state index contributed by atoms with van der Waals surface area (Å²) in [7, 11) is 0. The van der Waals surface area contributed by atoms with Crippen molar-refractivity contribution in [2.45, 2.75) is 39.7 Å². The summed E-state index contributed by atoms with van der Waals surface area (Å²) in [6, 6.07) is -0.771. The Morgan fingerprint density at radius 3 is 2.46 bits per heavy atom. The van der Waals surface area contributed by atoms with E-state index in [1.165, 1.54) is 0 Å². The minimum atomic E-state index is -0.978. The highest BCUT2D eigenvalue weighted by Crippen LogP contribution is 2.25. The van der Waals surface area contributed by atoms with Gasteiger partial charge in [0, 0.05) is 0 Å². The molecule has 1 amide bonds. The number of carboxylic acid groups (broad SMARTS) is 1. The number of hydrogen-bond acceptors (Lipinski definition) is 2. The minimum Gasteiger partial charge on any atom is -0.480 e. The number of aliphatic carboxylic acids is 1. The van der Waals surface area contributed by atoms with Gasteiger partial charge in [-0.2, -0.15) is 0 Å². The van der Waals surface area contributed by atoms with E-state index in [0.717, 1.165) is 6.42 Å². The van der Waals surface area contributed by atoms with Gasteiger partial charge in [-0.1, -0.05) is 27.2 Å². The molecule has 4 nitrogen and oxygen atoms in total. The summed E-state index contributed by atoms with van der Waals surface area (Å²) < 4.78 is 0. The fourth-order valence-corrected chi connectivity index (χ4v) is 0.997.